The first-order valence-electron chi connectivity index (χ1n) is 10.7. The highest BCUT2D eigenvalue weighted by Crippen LogP contribution is 2.41. The minimum atomic E-state index is 1.03. The summed E-state index contributed by atoms with van der Waals surface area (Å²) in [6.07, 6.45) is 3.86. The van der Waals surface area contributed by atoms with Crippen molar-refractivity contribution in [3.8, 4) is 11.1 Å². The van der Waals surface area contributed by atoms with E-state index < -0.39 is 0 Å². The molecular weight excluding hydrogens is 488 g/mol. The van der Waals surface area contributed by atoms with Gasteiger partial charge in [-0.1, -0.05) is 70.5 Å². The van der Waals surface area contributed by atoms with Crippen molar-refractivity contribution >= 4 is 64.5 Å². The van der Waals surface area contributed by atoms with Crippen LogP contribution in [0.15, 0.2) is 120 Å². The Balaban J connectivity index is 1.53. The normalized spacial score (nSPS) is 11.2. The Kier molecular flexibility index (Phi) is 5.17. The Labute approximate surface area is 204 Å². The van der Waals surface area contributed by atoms with Gasteiger partial charge < -0.3 is 4.90 Å². The van der Waals surface area contributed by atoms with E-state index in [1.807, 2.05) is 29.8 Å². The van der Waals surface area contributed by atoms with E-state index >= 15 is 0 Å². The molecule has 0 aliphatic heterocycles. The molecular formula is C29H19BrN2S. The Morgan fingerprint density at radius 1 is 0.576 bits per heavy atom. The molecule has 2 nitrogen and oxygen atoms in total. The van der Waals surface area contributed by atoms with E-state index in [0.29, 0.717) is 0 Å². The van der Waals surface area contributed by atoms with Crippen LogP contribution in [0.5, 0.6) is 0 Å². The van der Waals surface area contributed by atoms with Crippen LogP contribution in [-0.2, 0) is 0 Å². The molecule has 33 heavy (non-hydrogen) atoms. The molecule has 0 bridgehead atoms. The summed E-state index contributed by atoms with van der Waals surface area (Å²) in [7, 11) is 0. The molecule has 4 aromatic carbocycles. The Morgan fingerprint density at radius 2 is 1.30 bits per heavy atom. The van der Waals surface area contributed by atoms with E-state index in [-0.39, 0.29) is 0 Å². The van der Waals surface area contributed by atoms with Crippen LogP contribution in [0.25, 0.3) is 31.3 Å². The summed E-state index contributed by atoms with van der Waals surface area (Å²) in [4.78, 5) is 6.87. The van der Waals surface area contributed by atoms with Crippen LogP contribution < -0.4 is 4.90 Å². The largest absolute Gasteiger partial charge is 0.309 e. The maximum atomic E-state index is 4.60. The molecule has 0 spiro atoms. The molecule has 2 aromatic heterocycles. The molecule has 0 aliphatic rings. The van der Waals surface area contributed by atoms with Gasteiger partial charge in [-0.15, -0.1) is 11.3 Å². The maximum Gasteiger partial charge on any atom is 0.0651 e. The number of thiophene rings is 1. The second-order valence-corrected chi connectivity index (χ2v) is 9.89. The van der Waals surface area contributed by atoms with Crippen molar-refractivity contribution < 1.29 is 0 Å². The summed E-state index contributed by atoms with van der Waals surface area (Å²) in [5, 5.41) is 2.61. The third-order valence-corrected chi connectivity index (χ3v) is 7.46. The average molecular weight is 507 g/mol. The van der Waals surface area contributed by atoms with Crippen LogP contribution in [0.4, 0.5) is 17.1 Å². The summed E-state index contributed by atoms with van der Waals surface area (Å²) in [5.74, 6) is 0. The fraction of sp³-hybridized carbons (Fsp3) is 0. The third-order valence-electron chi connectivity index (χ3n) is 5.79. The van der Waals surface area contributed by atoms with Crippen LogP contribution in [0.3, 0.4) is 0 Å². The van der Waals surface area contributed by atoms with Gasteiger partial charge in [-0.2, -0.15) is 0 Å². The van der Waals surface area contributed by atoms with E-state index in [1.54, 1.807) is 0 Å². The summed E-state index contributed by atoms with van der Waals surface area (Å²) in [6.45, 7) is 0. The molecule has 0 aliphatic carbocycles. The van der Waals surface area contributed by atoms with Gasteiger partial charge in [-0.05, 0) is 54.1 Å². The van der Waals surface area contributed by atoms with Crippen LogP contribution in [0.1, 0.15) is 0 Å². The van der Waals surface area contributed by atoms with Crippen molar-refractivity contribution in [2.75, 3.05) is 4.90 Å². The number of pyridine rings is 1. The molecule has 6 rings (SSSR count). The van der Waals surface area contributed by atoms with E-state index in [2.05, 4.69) is 123 Å². The summed E-state index contributed by atoms with van der Waals surface area (Å²) in [5.41, 5.74) is 5.48. The first kappa shape index (κ1) is 20.2. The SMILES string of the molecule is Brc1ccc(N(c2cncc(-c3ccccc3)c2)c2ccc3c(c2)sc2ccccc23)cc1. The number of fused-ring (bicyclic) bond motifs is 3. The molecule has 0 amide bonds. The van der Waals surface area contributed by atoms with Gasteiger partial charge in [0.15, 0.2) is 0 Å². The first-order valence-corrected chi connectivity index (χ1v) is 12.3. The molecule has 4 heteroatoms. The van der Waals surface area contributed by atoms with E-state index in [9.17, 15) is 0 Å². The lowest BCUT2D eigenvalue weighted by atomic mass is 10.1. The van der Waals surface area contributed by atoms with Crippen molar-refractivity contribution in [3.05, 3.63) is 120 Å². The van der Waals surface area contributed by atoms with Crippen molar-refractivity contribution in [3.63, 3.8) is 0 Å². The number of hydrogen-bond acceptors (Lipinski definition) is 3. The lowest BCUT2D eigenvalue weighted by Gasteiger charge is -2.25. The molecule has 0 radical (unpaired) electrons. The summed E-state index contributed by atoms with van der Waals surface area (Å²) >= 11 is 5.41. The van der Waals surface area contributed by atoms with Crippen molar-refractivity contribution in [2.24, 2.45) is 0 Å². The zero-order valence-corrected chi connectivity index (χ0v) is 20.1. The first-order chi connectivity index (χ1) is 16.3. The van der Waals surface area contributed by atoms with E-state index in [0.717, 1.165) is 32.7 Å². The average Bonchev–Trinajstić information content (AvgIpc) is 3.24. The number of nitrogens with zero attached hydrogens (tertiary/aromatic N) is 2. The minimum Gasteiger partial charge on any atom is -0.309 e. The Hall–Kier alpha value is -3.47. The molecule has 0 atom stereocenters. The smallest absolute Gasteiger partial charge is 0.0651 e. The van der Waals surface area contributed by atoms with Gasteiger partial charge in [0.05, 0.1) is 11.9 Å². The van der Waals surface area contributed by atoms with Crippen molar-refractivity contribution in [1.29, 1.82) is 0 Å². The van der Waals surface area contributed by atoms with Gasteiger partial charge in [-0.3, -0.25) is 4.98 Å². The van der Waals surface area contributed by atoms with Crippen LogP contribution in [0.2, 0.25) is 0 Å². The minimum absolute atomic E-state index is 1.03. The van der Waals surface area contributed by atoms with Crippen LogP contribution in [-0.4, -0.2) is 4.98 Å². The molecule has 2 heterocycles. The topological polar surface area (TPSA) is 16.1 Å². The summed E-state index contributed by atoms with van der Waals surface area (Å²) < 4.78 is 3.65. The highest BCUT2D eigenvalue weighted by molar-refractivity contribution is 9.10. The van der Waals surface area contributed by atoms with Crippen LogP contribution >= 0.6 is 27.3 Å². The fourth-order valence-electron chi connectivity index (χ4n) is 4.23. The number of benzene rings is 4. The monoisotopic (exact) mass is 506 g/mol. The second kappa shape index (κ2) is 8.47. The molecule has 0 saturated heterocycles. The Bertz CT molecular complexity index is 1570. The number of halogens is 1. The van der Waals surface area contributed by atoms with Gasteiger partial charge in [0, 0.05) is 47.8 Å². The number of aromatic nitrogens is 1. The second-order valence-electron chi connectivity index (χ2n) is 7.89. The van der Waals surface area contributed by atoms with Crippen molar-refractivity contribution in [1.82, 2.24) is 4.98 Å². The van der Waals surface area contributed by atoms with Gasteiger partial charge in [-0.25, -0.2) is 0 Å². The standard InChI is InChI=1S/C29H19BrN2S/c30-22-10-12-23(13-11-22)32(25-16-21(18-31-19-25)20-6-2-1-3-7-20)24-14-15-27-26-8-4-5-9-28(26)33-29(27)17-24/h1-19H. The number of rotatable bonds is 4. The quantitative estimate of drug-likeness (QED) is 0.236. The predicted octanol–water partition coefficient (Wildman–Crippen LogP) is 9.35. The van der Waals surface area contributed by atoms with E-state index in [1.165, 1.54) is 20.2 Å². The molecule has 0 fully saturated rings. The maximum absolute atomic E-state index is 4.60. The van der Waals surface area contributed by atoms with Gasteiger partial charge in [0.2, 0.25) is 0 Å². The molecule has 0 unspecified atom stereocenters. The summed E-state index contributed by atoms with van der Waals surface area (Å²) in [6, 6.07) is 36.4. The number of hydrogen-bond donors (Lipinski definition) is 0. The zero-order valence-electron chi connectivity index (χ0n) is 17.7. The lowest BCUT2D eigenvalue weighted by molar-refractivity contribution is 1.23. The molecule has 0 N–H and O–H groups in total. The van der Waals surface area contributed by atoms with Gasteiger partial charge >= 0.3 is 0 Å². The van der Waals surface area contributed by atoms with Crippen LogP contribution in [0, 0.1) is 0 Å². The lowest BCUT2D eigenvalue weighted by Crippen LogP contribution is -2.10. The predicted molar refractivity (Wildman–Crippen MR) is 145 cm³/mol. The zero-order chi connectivity index (χ0) is 22.2. The fourth-order valence-corrected chi connectivity index (χ4v) is 5.63. The number of anilines is 3. The van der Waals surface area contributed by atoms with Gasteiger partial charge in [0.1, 0.15) is 0 Å². The Morgan fingerprint density at radius 3 is 2.15 bits per heavy atom. The highest BCUT2D eigenvalue weighted by Gasteiger charge is 2.16. The molecule has 6 aromatic rings. The highest BCUT2D eigenvalue weighted by atomic mass is 79.9. The third kappa shape index (κ3) is 3.82. The van der Waals surface area contributed by atoms with E-state index in [4.69, 9.17) is 0 Å². The van der Waals surface area contributed by atoms with Crippen molar-refractivity contribution in [2.45, 2.75) is 0 Å². The van der Waals surface area contributed by atoms with Gasteiger partial charge in [0.25, 0.3) is 0 Å². The molecule has 0 saturated carbocycles. The molecule has 158 valence electrons.